The Kier molecular flexibility index (Phi) is 4.29. The van der Waals surface area contributed by atoms with E-state index in [0.29, 0.717) is 6.54 Å². The molecule has 0 saturated carbocycles. The van der Waals surface area contributed by atoms with Crippen molar-refractivity contribution in [3.05, 3.63) is 36.2 Å². The van der Waals surface area contributed by atoms with Gasteiger partial charge in [0.2, 0.25) is 0 Å². The van der Waals surface area contributed by atoms with Gasteiger partial charge in [0.1, 0.15) is 0 Å². The molecule has 0 bridgehead atoms. The molecule has 1 rings (SSSR count). The molecule has 0 spiro atoms. The largest absolute Gasteiger partial charge is 0.363 e. The zero-order chi connectivity index (χ0) is 13.1. The summed E-state index contributed by atoms with van der Waals surface area (Å²) in [6.07, 6.45) is 3.79. The zero-order valence-electron chi connectivity index (χ0n) is 11.3. The molecular formula is C14H23N3. The highest BCUT2D eigenvalue weighted by Crippen LogP contribution is 2.27. The lowest BCUT2D eigenvalue weighted by Gasteiger charge is -2.38. The molecular weight excluding hydrogens is 210 g/mol. The van der Waals surface area contributed by atoms with E-state index < -0.39 is 0 Å². The third-order valence-corrected chi connectivity index (χ3v) is 2.73. The van der Waals surface area contributed by atoms with Gasteiger partial charge in [-0.3, -0.25) is 4.98 Å². The van der Waals surface area contributed by atoms with Crippen LogP contribution in [0.1, 0.15) is 32.0 Å². The minimum absolute atomic E-state index is 0.0336. The Bertz CT molecular complexity index is 391. The number of hydrogen-bond donors (Lipinski definition) is 1. The van der Waals surface area contributed by atoms with E-state index in [1.54, 1.807) is 0 Å². The van der Waals surface area contributed by atoms with Crippen molar-refractivity contribution < 1.29 is 0 Å². The normalized spacial score (nSPS) is 11.4. The predicted octanol–water partition coefficient (Wildman–Crippen LogP) is 2.64. The first kappa shape index (κ1) is 13.7. The molecule has 0 aliphatic rings. The Labute approximate surface area is 104 Å². The van der Waals surface area contributed by atoms with Crippen LogP contribution >= 0.6 is 0 Å². The minimum Gasteiger partial charge on any atom is -0.363 e. The summed E-state index contributed by atoms with van der Waals surface area (Å²) in [4.78, 5) is 6.61. The van der Waals surface area contributed by atoms with E-state index in [-0.39, 0.29) is 5.54 Å². The molecule has 0 fully saturated rings. The third kappa shape index (κ3) is 3.30. The highest BCUT2D eigenvalue weighted by Gasteiger charge is 2.22. The molecule has 0 aliphatic heterocycles. The zero-order valence-corrected chi connectivity index (χ0v) is 11.3. The summed E-state index contributed by atoms with van der Waals surface area (Å²) in [7, 11) is 0. The second-order valence-electron chi connectivity index (χ2n) is 5.23. The van der Waals surface area contributed by atoms with Crippen molar-refractivity contribution in [3.8, 4) is 0 Å². The van der Waals surface area contributed by atoms with Crippen molar-refractivity contribution in [1.82, 2.24) is 4.98 Å². The highest BCUT2D eigenvalue weighted by molar-refractivity contribution is 5.55. The SMILES string of the molecule is C=CCN(c1cc(C)ncc1CN)C(C)(C)C. The maximum atomic E-state index is 5.79. The second-order valence-corrected chi connectivity index (χ2v) is 5.23. The van der Waals surface area contributed by atoms with Crippen LogP contribution in [0.2, 0.25) is 0 Å². The average Bonchev–Trinajstić information content (AvgIpc) is 2.24. The van der Waals surface area contributed by atoms with Crippen molar-refractivity contribution in [3.63, 3.8) is 0 Å². The quantitative estimate of drug-likeness (QED) is 0.813. The number of aryl methyl sites for hydroxylation is 1. The van der Waals surface area contributed by atoms with Gasteiger partial charge in [0.25, 0.3) is 0 Å². The third-order valence-electron chi connectivity index (χ3n) is 2.73. The maximum absolute atomic E-state index is 5.79. The molecule has 0 atom stereocenters. The molecule has 0 aliphatic carbocycles. The highest BCUT2D eigenvalue weighted by atomic mass is 15.2. The van der Waals surface area contributed by atoms with Gasteiger partial charge in [-0.25, -0.2) is 0 Å². The van der Waals surface area contributed by atoms with E-state index in [2.05, 4.69) is 43.3 Å². The summed E-state index contributed by atoms with van der Waals surface area (Å²) >= 11 is 0. The first-order chi connectivity index (χ1) is 7.90. The molecule has 0 aromatic carbocycles. The maximum Gasteiger partial charge on any atom is 0.0452 e. The van der Waals surface area contributed by atoms with Gasteiger partial charge in [0, 0.05) is 41.8 Å². The number of nitrogens with two attached hydrogens (primary N) is 1. The van der Waals surface area contributed by atoms with Crippen molar-refractivity contribution in [2.75, 3.05) is 11.4 Å². The van der Waals surface area contributed by atoms with Crippen LogP contribution in [0.15, 0.2) is 24.9 Å². The Morgan fingerprint density at radius 1 is 1.47 bits per heavy atom. The lowest BCUT2D eigenvalue weighted by Crippen LogP contribution is -2.42. The van der Waals surface area contributed by atoms with E-state index in [1.807, 2.05) is 19.2 Å². The van der Waals surface area contributed by atoms with Crippen LogP contribution < -0.4 is 10.6 Å². The van der Waals surface area contributed by atoms with Gasteiger partial charge in [-0.2, -0.15) is 0 Å². The van der Waals surface area contributed by atoms with E-state index in [9.17, 15) is 0 Å². The Balaban J connectivity index is 3.25. The smallest absolute Gasteiger partial charge is 0.0452 e. The number of hydrogen-bond acceptors (Lipinski definition) is 3. The molecule has 0 amide bonds. The first-order valence-corrected chi connectivity index (χ1v) is 5.94. The van der Waals surface area contributed by atoms with E-state index in [1.165, 1.54) is 0 Å². The van der Waals surface area contributed by atoms with Gasteiger partial charge in [-0.05, 0) is 33.8 Å². The number of pyridine rings is 1. The van der Waals surface area contributed by atoms with E-state index in [4.69, 9.17) is 5.73 Å². The van der Waals surface area contributed by atoms with Gasteiger partial charge in [-0.1, -0.05) is 6.08 Å². The molecule has 0 radical (unpaired) electrons. The minimum atomic E-state index is 0.0336. The van der Waals surface area contributed by atoms with Gasteiger partial charge in [0.05, 0.1) is 0 Å². The van der Waals surface area contributed by atoms with Crippen LogP contribution in [0.5, 0.6) is 0 Å². The molecule has 2 N–H and O–H groups in total. The van der Waals surface area contributed by atoms with Crippen LogP contribution in [-0.2, 0) is 6.54 Å². The van der Waals surface area contributed by atoms with Crippen LogP contribution in [-0.4, -0.2) is 17.1 Å². The monoisotopic (exact) mass is 233 g/mol. The fourth-order valence-electron chi connectivity index (χ4n) is 1.84. The summed E-state index contributed by atoms with van der Waals surface area (Å²) < 4.78 is 0. The molecule has 1 aromatic heterocycles. The molecule has 0 saturated heterocycles. The summed E-state index contributed by atoms with van der Waals surface area (Å²) in [6.45, 7) is 13.7. The molecule has 94 valence electrons. The lowest BCUT2D eigenvalue weighted by atomic mass is 10.0. The Morgan fingerprint density at radius 3 is 2.59 bits per heavy atom. The molecule has 3 heteroatoms. The van der Waals surface area contributed by atoms with Gasteiger partial charge in [-0.15, -0.1) is 6.58 Å². The van der Waals surface area contributed by atoms with Crippen molar-refractivity contribution >= 4 is 5.69 Å². The van der Waals surface area contributed by atoms with E-state index in [0.717, 1.165) is 23.5 Å². The van der Waals surface area contributed by atoms with Crippen molar-refractivity contribution in [1.29, 1.82) is 0 Å². The summed E-state index contributed by atoms with van der Waals surface area (Å²) in [5.41, 5.74) is 9.06. The molecule has 17 heavy (non-hydrogen) atoms. The fraction of sp³-hybridized carbons (Fsp3) is 0.500. The molecule has 3 nitrogen and oxygen atoms in total. The Hall–Kier alpha value is -1.35. The van der Waals surface area contributed by atoms with E-state index >= 15 is 0 Å². The van der Waals surface area contributed by atoms with Crippen LogP contribution in [0, 0.1) is 6.92 Å². The lowest BCUT2D eigenvalue weighted by molar-refractivity contribution is 0.520. The van der Waals surface area contributed by atoms with Crippen LogP contribution in [0.25, 0.3) is 0 Å². The topological polar surface area (TPSA) is 42.2 Å². The van der Waals surface area contributed by atoms with Crippen molar-refractivity contribution in [2.45, 2.75) is 39.8 Å². The number of anilines is 1. The summed E-state index contributed by atoms with van der Waals surface area (Å²) in [6, 6.07) is 2.09. The van der Waals surface area contributed by atoms with Gasteiger partial charge < -0.3 is 10.6 Å². The van der Waals surface area contributed by atoms with Crippen molar-refractivity contribution in [2.24, 2.45) is 5.73 Å². The van der Waals surface area contributed by atoms with Gasteiger partial charge in [0.15, 0.2) is 0 Å². The summed E-state index contributed by atoms with van der Waals surface area (Å²) in [5.74, 6) is 0. The number of rotatable bonds is 4. The fourth-order valence-corrected chi connectivity index (χ4v) is 1.84. The van der Waals surface area contributed by atoms with Gasteiger partial charge >= 0.3 is 0 Å². The predicted molar refractivity (Wildman–Crippen MR) is 74.2 cm³/mol. The number of aromatic nitrogens is 1. The van der Waals surface area contributed by atoms with Crippen LogP contribution in [0.3, 0.4) is 0 Å². The Morgan fingerprint density at radius 2 is 2.12 bits per heavy atom. The summed E-state index contributed by atoms with van der Waals surface area (Å²) in [5, 5.41) is 0. The first-order valence-electron chi connectivity index (χ1n) is 5.94. The average molecular weight is 233 g/mol. The molecule has 1 aromatic rings. The molecule has 1 heterocycles. The molecule has 0 unspecified atom stereocenters. The van der Waals surface area contributed by atoms with Crippen LogP contribution in [0.4, 0.5) is 5.69 Å². The standard InChI is InChI=1S/C14H23N3/c1-6-7-17(14(3,4)5)13-8-11(2)16-10-12(13)9-15/h6,8,10H,1,7,9,15H2,2-5H3. The number of nitrogens with zero attached hydrogens (tertiary/aromatic N) is 2. The second kappa shape index (κ2) is 5.32.